The normalized spacial score (nSPS) is 15.3. The van der Waals surface area contributed by atoms with Crippen LogP contribution >= 0.6 is 0 Å². The van der Waals surface area contributed by atoms with Crippen molar-refractivity contribution in [1.29, 1.82) is 0 Å². The van der Waals surface area contributed by atoms with Gasteiger partial charge in [-0.1, -0.05) is 25.5 Å². The summed E-state index contributed by atoms with van der Waals surface area (Å²) >= 11 is 0. The molecule has 1 fully saturated rings. The van der Waals surface area contributed by atoms with Crippen LogP contribution in [0.2, 0.25) is 0 Å². The highest BCUT2D eigenvalue weighted by atomic mass is 16.5. The standard InChI is InChI=1S/C18H26N2O3/c1-3-4-14-5-7-16(8-6-14)17(21)19-13-15-9-11-20(12-10-15)18(22)23-2/h5-8,15H,3-4,9-13H2,1-2H3,(H,19,21). The fourth-order valence-corrected chi connectivity index (χ4v) is 2.90. The highest BCUT2D eigenvalue weighted by Crippen LogP contribution is 2.17. The Kier molecular flexibility index (Phi) is 6.44. The van der Waals surface area contributed by atoms with Gasteiger partial charge < -0.3 is 15.0 Å². The molecule has 0 spiro atoms. The monoisotopic (exact) mass is 318 g/mol. The number of nitrogens with zero attached hydrogens (tertiary/aromatic N) is 1. The summed E-state index contributed by atoms with van der Waals surface area (Å²) in [5.74, 6) is 0.391. The number of aryl methyl sites for hydroxylation is 1. The molecule has 0 radical (unpaired) electrons. The molecule has 1 heterocycles. The number of methoxy groups -OCH3 is 1. The van der Waals surface area contributed by atoms with Gasteiger partial charge in [0.2, 0.25) is 0 Å². The van der Waals surface area contributed by atoms with Crippen LogP contribution in [0.1, 0.15) is 42.1 Å². The number of hydrogen-bond acceptors (Lipinski definition) is 3. The second kappa shape index (κ2) is 8.56. The van der Waals surface area contributed by atoms with E-state index < -0.39 is 0 Å². The van der Waals surface area contributed by atoms with Crippen LogP contribution in [0.15, 0.2) is 24.3 Å². The predicted molar refractivity (Wildman–Crippen MR) is 89.5 cm³/mol. The molecule has 23 heavy (non-hydrogen) atoms. The molecule has 0 atom stereocenters. The Morgan fingerprint density at radius 1 is 1.22 bits per heavy atom. The number of ether oxygens (including phenoxy) is 1. The maximum Gasteiger partial charge on any atom is 0.409 e. The zero-order chi connectivity index (χ0) is 16.7. The zero-order valence-electron chi connectivity index (χ0n) is 14.0. The molecule has 0 aliphatic carbocycles. The number of benzene rings is 1. The van der Waals surface area contributed by atoms with Crippen molar-refractivity contribution in [2.75, 3.05) is 26.7 Å². The van der Waals surface area contributed by atoms with Crippen LogP contribution < -0.4 is 5.32 Å². The third-order valence-corrected chi connectivity index (χ3v) is 4.35. The fourth-order valence-electron chi connectivity index (χ4n) is 2.90. The van der Waals surface area contributed by atoms with E-state index in [1.54, 1.807) is 4.90 Å². The molecule has 5 nitrogen and oxygen atoms in total. The zero-order valence-corrected chi connectivity index (χ0v) is 14.0. The van der Waals surface area contributed by atoms with Crippen molar-refractivity contribution in [3.8, 4) is 0 Å². The number of amides is 2. The van der Waals surface area contributed by atoms with Gasteiger partial charge in [-0.2, -0.15) is 0 Å². The van der Waals surface area contributed by atoms with Gasteiger partial charge in [0.05, 0.1) is 7.11 Å². The minimum absolute atomic E-state index is 0.0246. The lowest BCUT2D eigenvalue weighted by Gasteiger charge is -2.30. The maximum absolute atomic E-state index is 12.2. The Hall–Kier alpha value is -2.04. The molecule has 1 N–H and O–H groups in total. The molecule has 5 heteroatoms. The molecule has 1 aromatic carbocycles. The van der Waals surface area contributed by atoms with Crippen molar-refractivity contribution in [2.24, 2.45) is 5.92 Å². The summed E-state index contributed by atoms with van der Waals surface area (Å²) < 4.78 is 4.73. The van der Waals surface area contributed by atoms with Gasteiger partial charge in [0, 0.05) is 25.2 Å². The summed E-state index contributed by atoms with van der Waals surface area (Å²) in [4.78, 5) is 25.3. The number of rotatable bonds is 5. The quantitative estimate of drug-likeness (QED) is 0.908. The predicted octanol–water partition coefficient (Wildman–Crippen LogP) is 2.85. The SMILES string of the molecule is CCCc1ccc(C(=O)NCC2CCN(C(=O)OC)CC2)cc1. The van der Waals surface area contributed by atoms with Gasteiger partial charge in [-0.05, 0) is 42.9 Å². The molecular weight excluding hydrogens is 292 g/mol. The minimum Gasteiger partial charge on any atom is -0.453 e. The summed E-state index contributed by atoms with van der Waals surface area (Å²) in [7, 11) is 1.40. The molecule has 126 valence electrons. The molecule has 1 saturated heterocycles. The highest BCUT2D eigenvalue weighted by Gasteiger charge is 2.23. The van der Waals surface area contributed by atoms with E-state index in [1.165, 1.54) is 12.7 Å². The van der Waals surface area contributed by atoms with Crippen LogP contribution in [-0.4, -0.2) is 43.6 Å². The van der Waals surface area contributed by atoms with E-state index in [-0.39, 0.29) is 12.0 Å². The smallest absolute Gasteiger partial charge is 0.409 e. The van der Waals surface area contributed by atoms with Crippen LogP contribution in [0.25, 0.3) is 0 Å². The maximum atomic E-state index is 12.2. The number of likely N-dealkylation sites (tertiary alicyclic amines) is 1. The molecule has 1 aliphatic heterocycles. The van der Waals surface area contributed by atoms with Crippen LogP contribution in [0.3, 0.4) is 0 Å². The molecule has 2 rings (SSSR count). The average molecular weight is 318 g/mol. The van der Waals surface area contributed by atoms with Gasteiger partial charge in [-0.25, -0.2) is 4.79 Å². The van der Waals surface area contributed by atoms with Crippen LogP contribution in [0.5, 0.6) is 0 Å². The molecule has 1 aromatic rings. The third-order valence-electron chi connectivity index (χ3n) is 4.35. The molecule has 0 unspecified atom stereocenters. The minimum atomic E-state index is -0.264. The molecular formula is C18H26N2O3. The van der Waals surface area contributed by atoms with Gasteiger partial charge in [0.25, 0.3) is 5.91 Å². The lowest BCUT2D eigenvalue weighted by atomic mass is 9.97. The molecule has 0 aromatic heterocycles. The van der Waals surface area contributed by atoms with Crippen LogP contribution in [0, 0.1) is 5.92 Å². The molecule has 0 saturated carbocycles. The van der Waals surface area contributed by atoms with Gasteiger partial charge in [0.15, 0.2) is 0 Å². The van der Waals surface area contributed by atoms with E-state index in [0.717, 1.165) is 25.7 Å². The first-order valence-electron chi connectivity index (χ1n) is 8.34. The Bertz CT molecular complexity index is 520. The van der Waals surface area contributed by atoms with E-state index in [9.17, 15) is 9.59 Å². The second-order valence-corrected chi connectivity index (χ2v) is 6.06. The van der Waals surface area contributed by atoms with Gasteiger partial charge >= 0.3 is 6.09 Å². The number of carbonyl (C=O) groups excluding carboxylic acids is 2. The van der Waals surface area contributed by atoms with Crippen molar-refractivity contribution in [3.63, 3.8) is 0 Å². The summed E-state index contributed by atoms with van der Waals surface area (Å²) in [6.45, 7) is 4.19. The lowest BCUT2D eigenvalue weighted by Crippen LogP contribution is -2.41. The van der Waals surface area contributed by atoms with Gasteiger partial charge in [-0.3, -0.25) is 4.79 Å². The first-order valence-corrected chi connectivity index (χ1v) is 8.34. The van der Waals surface area contributed by atoms with Crippen molar-refractivity contribution in [3.05, 3.63) is 35.4 Å². The van der Waals surface area contributed by atoms with Crippen LogP contribution in [-0.2, 0) is 11.2 Å². The first kappa shape index (κ1) is 17.3. The van der Waals surface area contributed by atoms with Gasteiger partial charge in [-0.15, -0.1) is 0 Å². The third kappa shape index (κ3) is 4.98. The first-order chi connectivity index (χ1) is 11.1. The van der Waals surface area contributed by atoms with E-state index in [0.29, 0.717) is 31.1 Å². The van der Waals surface area contributed by atoms with Crippen molar-refractivity contribution in [1.82, 2.24) is 10.2 Å². The summed E-state index contributed by atoms with van der Waals surface area (Å²) in [6, 6.07) is 7.82. The molecule has 1 aliphatic rings. The molecule has 2 amide bonds. The molecule has 0 bridgehead atoms. The average Bonchev–Trinajstić information content (AvgIpc) is 2.60. The Morgan fingerprint density at radius 3 is 2.43 bits per heavy atom. The summed E-state index contributed by atoms with van der Waals surface area (Å²) in [6.07, 6.45) is 3.67. The fraction of sp³-hybridized carbons (Fsp3) is 0.556. The number of hydrogen-bond donors (Lipinski definition) is 1. The Labute approximate surface area is 138 Å². The largest absolute Gasteiger partial charge is 0.453 e. The van der Waals surface area contributed by atoms with Crippen molar-refractivity contribution in [2.45, 2.75) is 32.6 Å². The number of nitrogens with one attached hydrogen (secondary N) is 1. The highest BCUT2D eigenvalue weighted by molar-refractivity contribution is 5.94. The van der Waals surface area contributed by atoms with Crippen LogP contribution in [0.4, 0.5) is 4.79 Å². The Balaban J connectivity index is 1.75. The van der Waals surface area contributed by atoms with E-state index in [1.807, 2.05) is 24.3 Å². The topological polar surface area (TPSA) is 58.6 Å². The number of piperidine rings is 1. The second-order valence-electron chi connectivity index (χ2n) is 6.06. The van der Waals surface area contributed by atoms with Crippen molar-refractivity contribution >= 4 is 12.0 Å². The van der Waals surface area contributed by atoms with Gasteiger partial charge in [0.1, 0.15) is 0 Å². The number of carbonyl (C=O) groups is 2. The summed E-state index contributed by atoms with van der Waals surface area (Å²) in [5, 5.41) is 3.00. The van der Waals surface area contributed by atoms with E-state index in [4.69, 9.17) is 4.74 Å². The van der Waals surface area contributed by atoms with E-state index >= 15 is 0 Å². The van der Waals surface area contributed by atoms with Crippen molar-refractivity contribution < 1.29 is 14.3 Å². The lowest BCUT2D eigenvalue weighted by molar-refractivity contribution is 0.0914. The summed E-state index contributed by atoms with van der Waals surface area (Å²) in [5.41, 5.74) is 1.97. The van der Waals surface area contributed by atoms with E-state index in [2.05, 4.69) is 12.2 Å². The Morgan fingerprint density at radius 2 is 1.87 bits per heavy atom.